The summed E-state index contributed by atoms with van der Waals surface area (Å²) in [4.78, 5) is 29.9. The third-order valence-corrected chi connectivity index (χ3v) is 6.87. The molecule has 0 saturated heterocycles. The van der Waals surface area contributed by atoms with Crippen molar-refractivity contribution in [1.29, 1.82) is 0 Å². The average molecular weight is 547 g/mol. The molecule has 214 valence electrons. The van der Waals surface area contributed by atoms with Crippen LogP contribution in [0.3, 0.4) is 0 Å². The molecule has 40 heavy (non-hydrogen) atoms. The standard InChI is InChI=1S/C32H42N4O4/c1-21-11-16-26(34-20-21)24-14-12-23(13-15-24)18-27(28(37)19-25(33)17-22-9-7-6-8-10-22)35-30(38)29(32(2,3)4)36-31(39)40-5/h6-16,20,25,27-29,37H,17-19,33H2,1-5H3,(H,35,38)(H,36,39)/t25-,27-,28-,29+/m0/s1. The van der Waals surface area contributed by atoms with Gasteiger partial charge in [-0.2, -0.15) is 0 Å². The molecule has 1 heterocycles. The van der Waals surface area contributed by atoms with Gasteiger partial charge in [0.25, 0.3) is 0 Å². The number of methoxy groups -OCH3 is 1. The van der Waals surface area contributed by atoms with Crippen molar-refractivity contribution in [3.05, 3.63) is 89.6 Å². The number of aliphatic hydroxyl groups is 1. The number of alkyl carbamates (subject to hydrolysis) is 1. The van der Waals surface area contributed by atoms with E-state index in [-0.39, 0.29) is 12.5 Å². The molecular weight excluding hydrogens is 504 g/mol. The summed E-state index contributed by atoms with van der Waals surface area (Å²) < 4.78 is 4.74. The zero-order valence-corrected chi connectivity index (χ0v) is 24.1. The van der Waals surface area contributed by atoms with Crippen LogP contribution in [0.2, 0.25) is 0 Å². The minimum Gasteiger partial charge on any atom is -0.453 e. The average Bonchev–Trinajstić information content (AvgIpc) is 2.91. The number of pyridine rings is 1. The lowest BCUT2D eigenvalue weighted by atomic mass is 9.85. The molecule has 3 aromatic rings. The molecule has 5 N–H and O–H groups in total. The maximum absolute atomic E-state index is 13.5. The van der Waals surface area contributed by atoms with Crippen LogP contribution in [-0.4, -0.2) is 53.4 Å². The molecule has 0 spiro atoms. The maximum Gasteiger partial charge on any atom is 0.407 e. The molecule has 4 atom stereocenters. The van der Waals surface area contributed by atoms with E-state index in [4.69, 9.17) is 10.5 Å². The molecule has 2 aromatic carbocycles. The van der Waals surface area contributed by atoms with Gasteiger partial charge in [-0.05, 0) is 54.4 Å². The highest BCUT2D eigenvalue weighted by molar-refractivity contribution is 5.86. The second-order valence-corrected chi connectivity index (χ2v) is 11.4. The highest BCUT2D eigenvalue weighted by Crippen LogP contribution is 2.22. The summed E-state index contributed by atoms with van der Waals surface area (Å²) in [5, 5.41) is 16.9. The molecule has 0 unspecified atom stereocenters. The minimum atomic E-state index is -0.917. The first kappa shape index (κ1) is 30.8. The van der Waals surface area contributed by atoms with Crippen molar-refractivity contribution >= 4 is 12.0 Å². The summed E-state index contributed by atoms with van der Waals surface area (Å²) in [7, 11) is 1.25. The molecular formula is C32H42N4O4. The van der Waals surface area contributed by atoms with E-state index in [1.807, 2.05) is 101 Å². The van der Waals surface area contributed by atoms with E-state index in [2.05, 4.69) is 15.6 Å². The normalized spacial score (nSPS) is 14.5. The zero-order chi connectivity index (χ0) is 29.3. The topological polar surface area (TPSA) is 127 Å². The molecule has 8 nitrogen and oxygen atoms in total. The Bertz CT molecular complexity index is 1220. The third kappa shape index (κ3) is 9.17. The van der Waals surface area contributed by atoms with Crippen molar-refractivity contribution < 1.29 is 19.4 Å². The predicted octanol–water partition coefficient (Wildman–Crippen LogP) is 4.18. The summed E-state index contributed by atoms with van der Waals surface area (Å²) in [5.41, 5.74) is 10.8. The van der Waals surface area contributed by atoms with E-state index in [0.717, 1.165) is 27.9 Å². The molecule has 0 saturated carbocycles. The van der Waals surface area contributed by atoms with Crippen LogP contribution in [0.4, 0.5) is 4.79 Å². The lowest BCUT2D eigenvalue weighted by molar-refractivity contribution is -0.127. The largest absolute Gasteiger partial charge is 0.453 e. The van der Waals surface area contributed by atoms with Gasteiger partial charge in [0.05, 0.1) is 24.9 Å². The Morgan fingerprint density at radius 2 is 1.60 bits per heavy atom. The van der Waals surface area contributed by atoms with Gasteiger partial charge in [-0.25, -0.2) is 4.79 Å². The van der Waals surface area contributed by atoms with Crippen LogP contribution in [-0.2, 0) is 22.4 Å². The Hall–Kier alpha value is -3.75. The summed E-state index contributed by atoms with van der Waals surface area (Å²) in [6.07, 6.45) is 1.48. The quantitative estimate of drug-likeness (QED) is 0.286. The van der Waals surface area contributed by atoms with Gasteiger partial charge in [-0.1, -0.05) is 81.4 Å². The number of carbonyl (C=O) groups excluding carboxylic acids is 2. The van der Waals surface area contributed by atoms with Crippen molar-refractivity contribution in [3.8, 4) is 11.3 Å². The maximum atomic E-state index is 13.5. The van der Waals surface area contributed by atoms with Gasteiger partial charge >= 0.3 is 6.09 Å². The van der Waals surface area contributed by atoms with E-state index >= 15 is 0 Å². The number of ether oxygens (including phenoxy) is 1. The summed E-state index contributed by atoms with van der Waals surface area (Å²) >= 11 is 0. The number of rotatable bonds is 11. The number of nitrogens with zero attached hydrogens (tertiary/aromatic N) is 1. The van der Waals surface area contributed by atoms with Gasteiger partial charge in [0, 0.05) is 17.8 Å². The number of hydrogen-bond donors (Lipinski definition) is 4. The molecule has 0 radical (unpaired) electrons. The Balaban J connectivity index is 1.80. The van der Waals surface area contributed by atoms with Crippen molar-refractivity contribution in [2.75, 3.05) is 7.11 Å². The fraction of sp³-hybridized carbons (Fsp3) is 0.406. The molecule has 2 amide bonds. The Kier molecular flexibility index (Phi) is 10.8. The van der Waals surface area contributed by atoms with E-state index < -0.39 is 35.6 Å². The van der Waals surface area contributed by atoms with E-state index in [1.165, 1.54) is 7.11 Å². The number of amides is 2. The Morgan fingerprint density at radius 1 is 0.950 bits per heavy atom. The number of aromatic nitrogens is 1. The highest BCUT2D eigenvalue weighted by Gasteiger charge is 2.35. The number of nitrogens with one attached hydrogen (secondary N) is 2. The SMILES string of the molecule is COC(=O)N[C@H](C(=O)N[C@@H](Cc1ccc(-c2ccc(C)cn2)cc1)[C@@H](O)C[C@@H](N)Cc1ccccc1)C(C)(C)C. The summed E-state index contributed by atoms with van der Waals surface area (Å²) in [6, 6.07) is 20.0. The first-order valence-corrected chi connectivity index (χ1v) is 13.6. The monoisotopic (exact) mass is 546 g/mol. The van der Waals surface area contributed by atoms with Gasteiger partial charge < -0.3 is 26.2 Å². The van der Waals surface area contributed by atoms with Crippen LogP contribution in [0.5, 0.6) is 0 Å². The molecule has 1 aromatic heterocycles. The van der Waals surface area contributed by atoms with Crippen LogP contribution >= 0.6 is 0 Å². The van der Waals surface area contributed by atoms with E-state index in [1.54, 1.807) is 0 Å². The number of nitrogens with two attached hydrogens (primary N) is 1. The number of carbonyl (C=O) groups is 2. The molecule has 0 aliphatic carbocycles. The van der Waals surface area contributed by atoms with Crippen LogP contribution in [0.15, 0.2) is 72.9 Å². The van der Waals surface area contributed by atoms with Crippen molar-refractivity contribution in [2.45, 2.75) is 71.2 Å². The van der Waals surface area contributed by atoms with E-state index in [9.17, 15) is 14.7 Å². The number of aryl methyl sites for hydroxylation is 1. The van der Waals surface area contributed by atoms with Gasteiger partial charge in [0.15, 0.2) is 0 Å². The Morgan fingerprint density at radius 3 is 2.17 bits per heavy atom. The van der Waals surface area contributed by atoms with Gasteiger partial charge in [-0.15, -0.1) is 0 Å². The van der Waals surface area contributed by atoms with Gasteiger partial charge in [-0.3, -0.25) is 9.78 Å². The van der Waals surface area contributed by atoms with Crippen LogP contribution in [0.25, 0.3) is 11.3 Å². The molecule has 0 bridgehead atoms. The first-order chi connectivity index (χ1) is 19.0. The summed E-state index contributed by atoms with van der Waals surface area (Å²) in [6.45, 7) is 7.56. The lowest BCUT2D eigenvalue weighted by Crippen LogP contribution is -2.58. The van der Waals surface area contributed by atoms with Crippen LogP contribution < -0.4 is 16.4 Å². The fourth-order valence-electron chi connectivity index (χ4n) is 4.58. The smallest absolute Gasteiger partial charge is 0.407 e. The van der Waals surface area contributed by atoms with Crippen molar-refractivity contribution in [1.82, 2.24) is 15.6 Å². The molecule has 3 rings (SSSR count). The van der Waals surface area contributed by atoms with Crippen LogP contribution in [0.1, 0.15) is 43.9 Å². The molecule has 8 heteroatoms. The first-order valence-electron chi connectivity index (χ1n) is 13.6. The Labute approximate surface area is 237 Å². The van der Waals surface area contributed by atoms with Crippen molar-refractivity contribution in [2.24, 2.45) is 11.1 Å². The lowest BCUT2D eigenvalue weighted by Gasteiger charge is -2.33. The molecule has 0 aliphatic heterocycles. The fourth-order valence-corrected chi connectivity index (χ4v) is 4.58. The zero-order valence-electron chi connectivity index (χ0n) is 24.1. The van der Waals surface area contributed by atoms with Crippen LogP contribution in [0, 0.1) is 12.3 Å². The molecule has 0 aliphatic rings. The number of aliphatic hydroxyl groups excluding tert-OH is 1. The minimum absolute atomic E-state index is 0.288. The van der Waals surface area contributed by atoms with E-state index in [0.29, 0.717) is 12.8 Å². The predicted molar refractivity (Wildman–Crippen MR) is 158 cm³/mol. The summed E-state index contributed by atoms with van der Waals surface area (Å²) in [5.74, 6) is -0.404. The molecule has 0 fully saturated rings. The van der Waals surface area contributed by atoms with Gasteiger partial charge in [0.1, 0.15) is 6.04 Å². The third-order valence-electron chi connectivity index (χ3n) is 6.87. The second kappa shape index (κ2) is 14.1. The highest BCUT2D eigenvalue weighted by atomic mass is 16.5. The van der Waals surface area contributed by atoms with Gasteiger partial charge in [0.2, 0.25) is 5.91 Å². The second-order valence-electron chi connectivity index (χ2n) is 11.4. The number of hydrogen-bond acceptors (Lipinski definition) is 6. The van der Waals surface area contributed by atoms with Crippen molar-refractivity contribution in [3.63, 3.8) is 0 Å². The number of benzene rings is 2.